The van der Waals surface area contributed by atoms with E-state index >= 15 is 0 Å². The van der Waals surface area contributed by atoms with Gasteiger partial charge in [0, 0.05) is 24.3 Å². The molecule has 1 saturated heterocycles. The zero-order valence-electron chi connectivity index (χ0n) is 16.1. The van der Waals surface area contributed by atoms with Gasteiger partial charge in [-0.25, -0.2) is 8.42 Å². The lowest BCUT2D eigenvalue weighted by atomic mass is 10.1. The molecule has 1 fully saturated rings. The van der Waals surface area contributed by atoms with Crippen molar-refractivity contribution in [3.05, 3.63) is 58.7 Å². The van der Waals surface area contributed by atoms with E-state index in [-0.39, 0.29) is 5.91 Å². The number of carbonyl (C=O) groups excluding carboxylic acids is 1. The third-order valence-electron chi connectivity index (χ3n) is 4.90. The molecule has 0 bridgehead atoms. The molecular formula is C21H26N2O3S. The van der Waals surface area contributed by atoms with Crippen LogP contribution in [0.4, 0.5) is 5.69 Å². The van der Waals surface area contributed by atoms with Gasteiger partial charge in [0.2, 0.25) is 0 Å². The van der Waals surface area contributed by atoms with Gasteiger partial charge in [-0.3, -0.25) is 9.52 Å². The lowest BCUT2D eigenvalue weighted by molar-refractivity contribution is 0.0724. The first-order chi connectivity index (χ1) is 12.8. The van der Waals surface area contributed by atoms with Crippen molar-refractivity contribution in [2.24, 2.45) is 0 Å². The quantitative estimate of drug-likeness (QED) is 0.862. The van der Waals surface area contributed by atoms with Crippen molar-refractivity contribution < 1.29 is 13.2 Å². The van der Waals surface area contributed by atoms with Crippen LogP contribution in [-0.2, 0) is 10.0 Å². The molecule has 2 aromatic rings. The summed E-state index contributed by atoms with van der Waals surface area (Å²) in [4.78, 5) is 14.7. The summed E-state index contributed by atoms with van der Waals surface area (Å²) in [6.07, 6.45) is 3.25. The Hall–Kier alpha value is -2.34. The second-order valence-electron chi connectivity index (χ2n) is 7.26. The van der Waals surface area contributed by atoms with Gasteiger partial charge in [-0.15, -0.1) is 0 Å². The van der Waals surface area contributed by atoms with Crippen LogP contribution in [0.2, 0.25) is 0 Å². The van der Waals surface area contributed by atoms with E-state index < -0.39 is 10.0 Å². The number of nitrogens with zero attached hydrogens (tertiary/aromatic N) is 1. The maximum absolute atomic E-state index is 12.8. The number of hydrogen-bond acceptors (Lipinski definition) is 3. The molecule has 1 N–H and O–H groups in total. The molecule has 0 aromatic heterocycles. The second kappa shape index (κ2) is 7.72. The SMILES string of the molecule is Cc1cc(C)c(S(=O)(=O)Nc2ccc(C(=O)N3CCCCC3)cc2)c(C)c1. The molecule has 0 radical (unpaired) electrons. The van der Waals surface area contributed by atoms with E-state index in [1.165, 1.54) is 6.42 Å². The first-order valence-corrected chi connectivity index (χ1v) is 10.8. The monoisotopic (exact) mass is 386 g/mol. The van der Waals surface area contributed by atoms with Crippen LogP contribution >= 0.6 is 0 Å². The summed E-state index contributed by atoms with van der Waals surface area (Å²) < 4.78 is 28.3. The summed E-state index contributed by atoms with van der Waals surface area (Å²) >= 11 is 0. The van der Waals surface area contributed by atoms with Crippen molar-refractivity contribution in [2.45, 2.75) is 44.9 Å². The number of aryl methyl sites for hydroxylation is 3. The number of sulfonamides is 1. The van der Waals surface area contributed by atoms with E-state index in [0.717, 1.165) is 42.6 Å². The zero-order valence-corrected chi connectivity index (χ0v) is 16.9. The van der Waals surface area contributed by atoms with Gasteiger partial charge >= 0.3 is 0 Å². The largest absolute Gasteiger partial charge is 0.339 e. The Labute approximate surface area is 161 Å². The molecule has 0 aliphatic carbocycles. The highest BCUT2D eigenvalue weighted by Gasteiger charge is 2.21. The second-order valence-corrected chi connectivity index (χ2v) is 8.88. The minimum Gasteiger partial charge on any atom is -0.339 e. The lowest BCUT2D eigenvalue weighted by Gasteiger charge is -2.26. The molecule has 1 aliphatic rings. The van der Waals surface area contributed by atoms with Crippen molar-refractivity contribution >= 4 is 21.6 Å². The maximum atomic E-state index is 12.8. The van der Waals surface area contributed by atoms with Crippen LogP contribution in [0.3, 0.4) is 0 Å². The van der Waals surface area contributed by atoms with Gasteiger partial charge in [-0.05, 0) is 75.4 Å². The number of nitrogens with one attached hydrogen (secondary N) is 1. The Morgan fingerprint density at radius 1 is 0.926 bits per heavy atom. The Bertz CT molecular complexity index is 921. The highest BCUT2D eigenvalue weighted by Crippen LogP contribution is 2.25. The van der Waals surface area contributed by atoms with E-state index in [9.17, 15) is 13.2 Å². The van der Waals surface area contributed by atoms with Crippen LogP contribution in [-0.4, -0.2) is 32.3 Å². The third kappa shape index (κ3) is 4.33. The number of rotatable bonds is 4. The molecule has 1 heterocycles. The van der Waals surface area contributed by atoms with Crippen LogP contribution < -0.4 is 4.72 Å². The van der Waals surface area contributed by atoms with Gasteiger partial charge in [0.25, 0.3) is 15.9 Å². The molecule has 2 aromatic carbocycles. The van der Waals surface area contributed by atoms with Crippen molar-refractivity contribution in [2.75, 3.05) is 17.8 Å². The number of hydrogen-bond donors (Lipinski definition) is 1. The minimum absolute atomic E-state index is 0.00864. The molecule has 0 spiro atoms. The van der Waals surface area contributed by atoms with Gasteiger partial charge in [0.1, 0.15) is 0 Å². The molecular weight excluding hydrogens is 360 g/mol. The fraction of sp³-hybridized carbons (Fsp3) is 0.381. The van der Waals surface area contributed by atoms with Gasteiger partial charge in [-0.2, -0.15) is 0 Å². The normalized spacial score (nSPS) is 14.9. The molecule has 1 amide bonds. The number of carbonyl (C=O) groups is 1. The maximum Gasteiger partial charge on any atom is 0.262 e. The van der Waals surface area contributed by atoms with Gasteiger partial charge in [-0.1, -0.05) is 17.7 Å². The topological polar surface area (TPSA) is 66.5 Å². The van der Waals surface area contributed by atoms with Crippen LogP contribution in [0.25, 0.3) is 0 Å². The number of piperidine rings is 1. The van der Waals surface area contributed by atoms with E-state index in [1.54, 1.807) is 38.1 Å². The average Bonchev–Trinajstić information content (AvgIpc) is 2.61. The molecule has 0 atom stereocenters. The molecule has 0 saturated carbocycles. The zero-order chi connectivity index (χ0) is 19.6. The van der Waals surface area contributed by atoms with Crippen LogP contribution in [0.1, 0.15) is 46.3 Å². The molecule has 1 aliphatic heterocycles. The molecule has 6 heteroatoms. The summed E-state index contributed by atoms with van der Waals surface area (Å²) in [7, 11) is -3.69. The van der Waals surface area contributed by atoms with E-state index in [0.29, 0.717) is 16.1 Å². The van der Waals surface area contributed by atoms with Crippen molar-refractivity contribution in [3.63, 3.8) is 0 Å². The average molecular weight is 387 g/mol. The summed E-state index contributed by atoms with van der Waals surface area (Å²) in [5.41, 5.74) is 3.51. The molecule has 144 valence electrons. The molecule has 3 rings (SSSR count). The van der Waals surface area contributed by atoms with Gasteiger partial charge < -0.3 is 4.90 Å². The number of likely N-dealkylation sites (tertiary alicyclic amines) is 1. The van der Waals surface area contributed by atoms with Crippen molar-refractivity contribution in [3.8, 4) is 0 Å². The predicted octanol–water partition coefficient (Wildman–Crippen LogP) is 4.04. The standard InChI is InChI=1S/C21H26N2O3S/c1-15-13-16(2)20(17(3)14-15)27(25,26)22-19-9-7-18(8-10-19)21(24)23-11-5-4-6-12-23/h7-10,13-14,22H,4-6,11-12H2,1-3H3. The number of anilines is 1. The van der Waals surface area contributed by atoms with Gasteiger partial charge in [0.15, 0.2) is 0 Å². The van der Waals surface area contributed by atoms with E-state index in [4.69, 9.17) is 0 Å². The Morgan fingerprint density at radius 2 is 1.48 bits per heavy atom. The van der Waals surface area contributed by atoms with Crippen LogP contribution in [0, 0.1) is 20.8 Å². The highest BCUT2D eigenvalue weighted by atomic mass is 32.2. The van der Waals surface area contributed by atoms with Crippen molar-refractivity contribution in [1.29, 1.82) is 0 Å². The van der Waals surface area contributed by atoms with Crippen molar-refractivity contribution in [1.82, 2.24) is 4.90 Å². The first kappa shape index (κ1) is 19.4. The van der Waals surface area contributed by atoms with E-state index in [1.807, 2.05) is 24.0 Å². The summed E-state index contributed by atoms with van der Waals surface area (Å²) in [5, 5.41) is 0. The molecule has 0 unspecified atom stereocenters. The first-order valence-electron chi connectivity index (χ1n) is 9.28. The number of benzene rings is 2. The highest BCUT2D eigenvalue weighted by molar-refractivity contribution is 7.92. The fourth-order valence-corrected chi connectivity index (χ4v) is 5.27. The molecule has 5 nitrogen and oxygen atoms in total. The fourth-order valence-electron chi connectivity index (χ4n) is 3.76. The van der Waals surface area contributed by atoms with Crippen LogP contribution in [0.5, 0.6) is 0 Å². The summed E-state index contributed by atoms with van der Waals surface area (Å²) in [6.45, 7) is 7.13. The Kier molecular flexibility index (Phi) is 5.56. The minimum atomic E-state index is -3.69. The summed E-state index contributed by atoms with van der Waals surface area (Å²) in [6, 6.07) is 10.4. The predicted molar refractivity (Wildman–Crippen MR) is 108 cm³/mol. The molecule has 27 heavy (non-hydrogen) atoms. The smallest absolute Gasteiger partial charge is 0.262 e. The lowest BCUT2D eigenvalue weighted by Crippen LogP contribution is -2.35. The number of amides is 1. The Balaban J connectivity index is 1.79. The third-order valence-corrected chi connectivity index (χ3v) is 6.59. The van der Waals surface area contributed by atoms with Gasteiger partial charge in [0.05, 0.1) is 4.90 Å². The summed E-state index contributed by atoms with van der Waals surface area (Å²) in [5.74, 6) is 0.00864. The van der Waals surface area contributed by atoms with Crippen LogP contribution in [0.15, 0.2) is 41.3 Å². The Morgan fingerprint density at radius 3 is 2.04 bits per heavy atom. The van der Waals surface area contributed by atoms with E-state index in [2.05, 4.69) is 4.72 Å².